The molecule has 0 unspecified atom stereocenters. The van der Waals surface area contributed by atoms with Crippen LogP contribution >= 0.6 is 11.3 Å². The number of nitrogens with one attached hydrogen (secondary N) is 1. The van der Waals surface area contributed by atoms with Gasteiger partial charge in [-0.15, -0.1) is 0 Å². The number of carbonyl (C=O) groups excluding carboxylic acids is 1. The molecule has 1 fully saturated rings. The van der Waals surface area contributed by atoms with Crippen LogP contribution in [0.25, 0.3) is 0 Å². The lowest BCUT2D eigenvalue weighted by molar-refractivity contribution is -0.121. The van der Waals surface area contributed by atoms with E-state index in [4.69, 9.17) is 4.74 Å². The van der Waals surface area contributed by atoms with Gasteiger partial charge in [-0.3, -0.25) is 14.2 Å². The van der Waals surface area contributed by atoms with Crippen LogP contribution in [0.4, 0.5) is 0 Å². The van der Waals surface area contributed by atoms with Crippen molar-refractivity contribution in [1.29, 1.82) is 0 Å². The van der Waals surface area contributed by atoms with Crippen LogP contribution in [0.1, 0.15) is 36.9 Å². The number of amides is 1. The molecular weight excluding hydrogens is 326 g/mol. The third kappa shape index (κ3) is 4.03. The number of carbonyl (C=O) groups is 1. The molecule has 24 heavy (non-hydrogen) atoms. The Balaban J connectivity index is 1.60. The van der Waals surface area contributed by atoms with E-state index in [-0.39, 0.29) is 23.4 Å². The summed E-state index contributed by atoms with van der Waals surface area (Å²) in [5, 5.41) is 4.60. The van der Waals surface area contributed by atoms with Gasteiger partial charge in [0.15, 0.2) is 0 Å². The molecule has 0 spiro atoms. The second kappa shape index (κ2) is 7.61. The Bertz CT molecular complexity index is 762. The molecule has 0 aliphatic heterocycles. The molecule has 1 saturated carbocycles. The van der Waals surface area contributed by atoms with Gasteiger partial charge in [0.05, 0.1) is 0 Å². The summed E-state index contributed by atoms with van der Waals surface area (Å²) >= 11 is 1.11. The molecule has 1 aliphatic rings. The lowest BCUT2D eigenvalue weighted by Gasteiger charge is -2.15. The van der Waals surface area contributed by atoms with Crippen molar-refractivity contribution in [3.8, 4) is 5.88 Å². The predicted molar refractivity (Wildman–Crippen MR) is 92.3 cm³/mol. The van der Waals surface area contributed by atoms with Crippen molar-refractivity contribution in [1.82, 2.24) is 14.9 Å². The van der Waals surface area contributed by atoms with E-state index in [2.05, 4.69) is 10.3 Å². The number of ether oxygens (including phenoxy) is 1. The Hall–Kier alpha value is -2.15. The molecule has 1 N–H and O–H groups in total. The molecule has 7 heteroatoms. The molecule has 2 heterocycles. The van der Waals surface area contributed by atoms with Gasteiger partial charge in [-0.1, -0.05) is 17.4 Å². The Labute approximate surface area is 144 Å². The van der Waals surface area contributed by atoms with E-state index in [1.165, 1.54) is 17.4 Å². The standard InChI is InChI=1S/C17H21N3O3S/c1-12-11-24-17(22)20(12)10-15(21)19-9-13-5-4-8-18-16(13)23-14-6-2-3-7-14/h4-5,8,11,14H,2-3,6-7,9-10H2,1H3,(H,19,21). The van der Waals surface area contributed by atoms with Crippen molar-refractivity contribution < 1.29 is 9.53 Å². The van der Waals surface area contributed by atoms with Crippen LogP contribution in [0.5, 0.6) is 5.88 Å². The summed E-state index contributed by atoms with van der Waals surface area (Å²) in [6.07, 6.45) is 6.42. The van der Waals surface area contributed by atoms with Crippen LogP contribution in [0, 0.1) is 6.92 Å². The third-order valence-electron chi connectivity index (χ3n) is 4.18. The van der Waals surface area contributed by atoms with Gasteiger partial charge in [0, 0.05) is 29.4 Å². The second-order valence-electron chi connectivity index (χ2n) is 6.00. The van der Waals surface area contributed by atoms with E-state index in [0.29, 0.717) is 12.4 Å². The van der Waals surface area contributed by atoms with Gasteiger partial charge in [0.1, 0.15) is 12.6 Å². The molecule has 0 bridgehead atoms. The number of hydrogen-bond donors (Lipinski definition) is 1. The van der Waals surface area contributed by atoms with Gasteiger partial charge < -0.3 is 10.1 Å². The predicted octanol–water partition coefficient (Wildman–Crippen LogP) is 2.25. The Morgan fingerprint density at radius 1 is 1.46 bits per heavy atom. The van der Waals surface area contributed by atoms with Gasteiger partial charge in [-0.25, -0.2) is 4.98 Å². The minimum atomic E-state index is -0.200. The van der Waals surface area contributed by atoms with Gasteiger partial charge in [0.2, 0.25) is 11.8 Å². The van der Waals surface area contributed by atoms with E-state index >= 15 is 0 Å². The SMILES string of the molecule is Cc1csc(=O)n1CC(=O)NCc1cccnc1OC1CCCC1. The van der Waals surface area contributed by atoms with Gasteiger partial charge >= 0.3 is 4.87 Å². The largest absolute Gasteiger partial charge is 0.474 e. The number of aryl methyl sites for hydroxylation is 1. The summed E-state index contributed by atoms with van der Waals surface area (Å²) < 4.78 is 7.44. The molecule has 0 radical (unpaired) electrons. The number of pyridine rings is 1. The summed E-state index contributed by atoms with van der Waals surface area (Å²) in [6.45, 7) is 2.19. The van der Waals surface area contributed by atoms with Gasteiger partial charge in [-0.05, 0) is 38.7 Å². The quantitative estimate of drug-likeness (QED) is 0.870. The van der Waals surface area contributed by atoms with Crippen LogP contribution < -0.4 is 14.9 Å². The number of aromatic nitrogens is 2. The lowest BCUT2D eigenvalue weighted by atomic mass is 10.2. The van der Waals surface area contributed by atoms with Crippen LogP contribution in [0.2, 0.25) is 0 Å². The monoisotopic (exact) mass is 347 g/mol. The van der Waals surface area contributed by atoms with E-state index in [1.54, 1.807) is 11.6 Å². The van der Waals surface area contributed by atoms with E-state index in [1.807, 2.05) is 19.1 Å². The van der Waals surface area contributed by atoms with Crippen molar-refractivity contribution in [3.05, 3.63) is 44.6 Å². The van der Waals surface area contributed by atoms with Crippen molar-refractivity contribution in [3.63, 3.8) is 0 Å². The maximum Gasteiger partial charge on any atom is 0.307 e. The second-order valence-corrected chi connectivity index (χ2v) is 6.82. The zero-order chi connectivity index (χ0) is 16.9. The molecule has 1 aliphatic carbocycles. The summed E-state index contributed by atoms with van der Waals surface area (Å²) in [6, 6.07) is 3.73. The molecule has 2 aromatic heterocycles. The fraction of sp³-hybridized carbons (Fsp3) is 0.471. The highest BCUT2D eigenvalue weighted by molar-refractivity contribution is 7.07. The summed E-state index contributed by atoms with van der Waals surface area (Å²) in [5.41, 5.74) is 1.65. The van der Waals surface area contributed by atoms with Crippen molar-refractivity contribution >= 4 is 17.2 Å². The van der Waals surface area contributed by atoms with Gasteiger partial charge in [-0.2, -0.15) is 0 Å². The molecule has 3 rings (SSSR count). The average Bonchev–Trinajstić information content (AvgIpc) is 3.19. The highest BCUT2D eigenvalue weighted by atomic mass is 32.1. The van der Waals surface area contributed by atoms with E-state index in [9.17, 15) is 9.59 Å². The molecule has 0 atom stereocenters. The number of hydrogen-bond acceptors (Lipinski definition) is 5. The zero-order valence-corrected chi connectivity index (χ0v) is 14.5. The van der Waals surface area contributed by atoms with Crippen LogP contribution in [-0.2, 0) is 17.9 Å². The summed E-state index contributed by atoms with van der Waals surface area (Å²) in [7, 11) is 0. The first-order valence-corrected chi connectivity index (χ1v) is 9.03. The molecular formula is C17H21N3O3S. The lowest BCUT2D eigenvalue weighted by Crippen LogP contribution is -2.31. The highest BCUT2D eigenvalue weighted by Crippen LogP contribution is 2.24. The summed E-state index contributed by atoms with van der Waals surface area (Å²) in [4.78, 5) is 28.0. The molecule has 6 nitrogen and oxygen atoms in total. The van der Waals surface area contributed by atoms with Crippen LogP contribution in [0.15, 0.2) is 28.5 Å². The van der Waals surface area contributed by atoms with Crippen LogP contribution in [-0.4, -0.2) is 21.6 Å². The Kier molecular flexibility index (Phi) is 5.30. The molecule has 128 valence electrons. The number of rotatable bonds is 6. The smallest absolute Gasteiger partial charge is 0.307 e. The van der Waals surface area contributed by atoms with Crippen molar-refractivity contribution in [2.75, 3.05) is 0 Å². The van der Waals surface area contributed by atoms with Crippen LogP contribution in [0.3, 0.4) is 0 Å². The zero-order valence-electron chi connectivity index (χ0n) is 13.7. The topological polar surface area (TPSA) is 73.2 Å². The van der Waals surface area contributed by atoms with Gasteiger partial charge in [0.25, 0.3) is 0 Å². The first kappa shape index (κ1) is 16.7. The minimum Gasteiger partial charge on any atom is -0.474 e. The molecule has 1 amide bonds. The average molecular weight is 347 g/mol. The van der Waals surface area contributed by atoms with E-state index in [0.717, 1.165) is 35.4 Å². The normalized spacial score (nSPS) is 14.7. The molecule has 0 saturated heterocycles. The molecule has 0 aromatic carbocycles. The Morgan fingerprint density at radius 2 is 2.25 bits per heavy atom. The Morgan fingerprint density at radius 3 is 2.96 bits per heavy atom. The highest BCUT2D eigenvalue weighted by Gasteiger charge is 2.18. The molecule has 2 aromatic rings. The van der Waals surface area contributed by atoms with Crippen molar-refractivity contribution in [2.45, 2.75) is 51.8 Å². The van der Waals surface area contributed by atoms with E-state index < -0.39 is 0 Å². The fourth-order valence-electron chi connectivity index (χ4n) is 2.82. The number of thiazole rings is 1. The van der Waals surface area contributed by atoms with Crippen molar-refractivity contribution in [2.24, 2.45) is 0 Å². The fourth-order valence-corrected chi connectivity index (χ4v) is 3.55. The first-order valence-electron chi connectivity index (χ1n) is 8.15. The first-order chi connectivity index (χ1) is 11.6. The minimum absolute atomic E-state index is 0.0350. The number of nitrogens with zero attached hydrogens (tertiary/aromatic N) is 2. The maximum absolute atomic E-state index is 12.1. The third-order valence-corrected chi connectivity index (χ3v) is 5.07. The summed E-state index contributed by atoms with van der Waals surface area (Å²) in [5.74, 6) is 0.392. The maximum atomic E-state index is 12.1.